The Balaban J connectivity index is 2.15. The number of hydrogen-bond donors (Lipinski definition) is 0. The summed E-state index contributed by atoms with van der Waals surface area (Å²) in [6.45, 7) is 1.20. The Morgan fingerprint density at radius 1 is 1.20 bits per heavy atom. The van der Waals surface area contributed by atoms with Crippen molar-refractivity contribution in [3.8, 4) is 0 Å². The molecule has 78 valence electrons. The van der Waals surface area contributed by atoms with Crippen molar-refractivity contribution in [2.75, 3.05) is 13.2 Å². The fraction of sp³-hybridized carbons (Fsp3) is 0.250. The first-order chi connectivity index (χ1) is 7.27. The van der Waals surface area contributed by atoms with Crippen molar-refractivity contribution < 1.29 is 9.31 Å². The predicted octanol–water partition coefficient (Wildman–Crippen LogP) is 1.87. The molecular weight excluding hydrogens is 238 g/mol. The van der Waals surface area contributed by atoms with Crippen molar-refractivity contribution >= 4 is 36.4 Å². The molecule has 1 aliphatic heterocycles. The summed E-state index contributed by atoms with van der Waals surface area (Å²) in [5.41, 5.74) is 0.569. The van der Waals surface area contributed by atoms with Gasteiger partial charge in [0.05, 0.1) is 13.2 Å². The molecule has 0 N–H and O–H groups in total. The van der Waals surface area contributed by atoms with Crippen LogP contribution in [0.2, 0.25) is 10.3 Å². The molecule has 0 spiro atoms. The Morgan fingerprint density at radius 3 is 2.40 bits per heavy atom. The molecule has 0 saturated carbocycles. The molecule has 2 heterocycles. The molecule has 0 aliphatic carbocycles. The second-order valence-electron chi connectivity index (χ2n) is 2.84. The van der Waals surface area contributed by atoms with E-state index >= 15 is 0 Å². The largest absolute Gasteiger partial charge is 0.486 e. The van der Waals surface area contributed by atoms with Gasteiger partial charge in [-0.05, 0) is 0 Å². The average molecular weight is 245 g/mol. The fourth-order valence-electron chi connectivity index (χ4n) is 1.15. The molecule has 1 aromatic rings. The lowest BCUT2D eigenvalue weighted by Gasteiger charge is -1.99. The van der Waals surface area contributed by atoms with E-state index in [0.717, 1.165) is 0 Å². The maximum Gasteiger partial charge on any atom is 0.486 e. The summed E-state index contributed by atoms with van der Waals surface area (Å²) < 4.78 is 10.4. The maximum atomic E-state index is 5.85. The molecule has 0 radical (unpaired) electrons. The van der Waals surface area contributed by atoms with Crippen molar-refractivity contribution in [1.82, 2.24) is 9.97 Å². The summed E-state index contributed by atoms with van der Waals surface area (Å²) >= 11 is 11.7. The quantitative estimate of drug-likeness (QED) is 0.589. The van der Waals surface area contributed by atoms with Crippen LogP contribution in [0, 0.1) is 0 Å². The molecule has 1 aliphatic rings. The molecule has 1 fully saturated rings. The third kappa shape index (κ3) is 2.69. The molecule has 1 aromatic heterocycles. The van der Waals surface area contributed by atoms with Crippen molar-refractivity contribution in [3.63, 3.8) is 0 Å². The van der Waals surface area contributed by atoms with Crippen LogP contribution in [0.5, 0.6) is 0 Å². The number of nitrogens with zero attached hydrogens (tertiary/aromatic N) is 2. The fourth-order valence-corrected chi connectivity index (χ4v) is 1.60. The van der Waals surface area contributed by atoms with Crippen LogP contribution in [0.3, 0.4) is 0 Å². The van der Waals surface area contributed by atoms with Crippen LogP contribution >= 0.6 is 23.2 Å². The topological polar surface area (TPSA) is 44.2 Å². The highest BCUT2D eigenvalue weighted by Crippen LogP contribution is 2.21. The Hall–Kier alpha value is -0.615. The zero-order chi connectivity index (χ0) is 10.7. The molecule has 0 amide bonds. The molecule has 0 unspecified atom stereocenters. The lowest BCUT2D eigenvalue weighted by atomic mass is 9.90. The van der Waals surface area contributed by atoms with Gasteiger partial charge < -0.3 is 9.31 Å². The van der Waals surface area contributed by atoms with Crippen molar-refractivity contribution in [1.29, 1.82) is 0 Å². The van der Waals surface area contributed by atoms with E-state index in [1.165, 1.54) is 6.33 Å². The molecule has 15 heavy (non-hydrogen) atoms. The highest BCUT2D eigenvalue weighted by Gasteiger charge is 2.20. The zero-order valence-electron chi connectivity index (χ0n) is 7.69. The summed E-state index contributed by atoms with van der Waals surface area (Å²) in [6, 6.07) is 0. The van der Waals surface area contributed by atoms with Gasteiger partial charge in [-0.2, -0.15) is 0 Å². The molecule has 0 aromatic carbocycles. The van der Waals surface area contributed by atoms with E-state index in [9.17, 15) is 0 Å². The molecule has 7 heteroatoms. The Morgan fingerprint density at radius 2 is 1.80 bits per heavy atom. The summed E-state index contributed by atoms with van der Waals surface area (Å²) in [5.74, 6) is 1.73. The first-order valence-electron chi connectivity index (χ1n) is 4.35. The van der Waals surface area contributed by atoms with Crippen molar-refractivity contribution in [2.45, 2.75) is 0 Å². The third-order valence-corrected chi connectivity index (χ3v) is 2.46. The molecule has 2 rings (SSSR count). The van der Waals surface area contributed by atoms with Gasteiger partial charge in [0.2, 0.25) is 0 Å². The van der Waals surface area contributed by atoms with Crippen LogP contribution in [0.15, 0.2) is 12.3 Å². The zero-order valence-corrected chi connectivity index (χ0v) is 9.20. The van der Waals surface area contributed by atoms with Gasteiger partial charge >= 0.3 is 7.12 Å². The van der Waals surface area contributed by atoms with Crippen LogP contribution in [0.25, 0.3) is 6.08 Å². The standard InChI is InChI=1S/C8H7BCl2N2O2/c10-7-6(8(11)13-5-12-7)1-2-9-14-3-4-15-9/h1-2,5H,3-4H2/b2-1+. The van der Waals surface area contributed by atoms with Crippen molar-refractivity contribution in [2.24, 2.45) is 0 Å². The lowest BCUT2D eigenvalue weighted by Crippen LogP contribution is -2.09. The highest BCUT2D eigenvalue weighted by atomic mass is 35.5. The minimum atomic E-state index is -0.336. The van der Waals surface area contributed by atoms with E-state index in [2.05, 4.69) is 9.97 Å². The maximum absolute atomic E-state index is 5.85. The van der Waals surface area contributed by atoms with Crippen molar-refractivity contribution in [3.05, 3.63) is 28.2 Å². The molecule has 0 bridgehead atoms. The van der Waals surface area contributed by atoms with Crippen LogP contribution in [-0.2, 0) is 9.31 Å². The van der Waals surface area contributed by atoms with E-state index in [1.807, 2.05) is 0 Å². The van der Waals surface area contributed by atoms with E-state index in [1.54, 1.807) is 12.1 Å². The summed E-state index contributed by atoms with van der Waals surface area (Å²) in [7, 11) is -0.336. The van der Waals surface area contributed by atoms with Gasteiger partial charge in [-0.15, -0.1) is 0 Å². The second-order valence-corrected chi connectivity index (χ2v) is 3.55. The number of halogens is 2. The Bertz CT molecular complexity index is 363. The smallest absolute Gasteiger partial charge is 0.405 e. The van der Waals surface area contributed by atoms with Crippen LogP contribution in [-0.4, -0.2) is 30.3 Å². The molecular formula is C8H7BCl2N2O2. The van der Waals surface area contributed by atoms with Crippen LogP contribution in [0.1, 0.15) is 5.56 Å². The highest BCUT2D eigenvalue weighted by molar-refractivity contribution is 6.52. The first-order valence-corrected chi connectivity index (χ1v) is 5.10. The minimum absolute atomic E-state index is 0.309. The average Bonchev–Trinajstić information content (AvgIpc) is 2.70. The minimum Gasteiger partial charge on any atom is -0.405 e. The summed E-state index contributed by atoms with van der Waals surface area (Å²) in [5, 5.41) is 0.619. The summed E-state index contributed by atoms with van der Waals surface area (Å²) in [4.78, 5) is 7.64. The van der Waals surface area contributed by atoms with E-state index in [4.69, 9.17) is 32.5 Å². The normalized spacial score (nSPS) is 16.5. The Kier molecular flexibility index (Phi) is 3.59. The molecule has 0 atom stereocenters. The Labute approximate surface area is 97.4 Å². The predicted molar refractivity (Wildman–Crippen MR) is 58.7 cm³/mol. The number of hydrogen-bond acceptors (Lipinski definition) is 4. The van der Waals surface area contributed by atoms with Gasteiger partial charge in [-0.25, -0.2) is 9.97 Å². The van der Waals surface area contributed by atoms with E-state index in [0.29, 0.717) is 29.1 Å². The van der Waals surface area contributed by atoms with Gasteiger partial charge in [0, 0.05) is 5.56 Å². The van der Waals surface area contributed by atoms with Gasteiger partial charge in [-0.3, -0.25) is 0 Å². The first kappa shape index (κ1) is 10.9. The molecule has 4 nitrogen and oxygen atoms in total. The SMILES string of the molecule is Clc1ncnc(Cl)c1/C=C/B1OCCO1. The van der Waals surface area contributed by atoms with Gasteiger partial charge in [0.15, 0.2) is 0 Å². The van der Waals surface area contributed by atoms with Gasteiger partial charge in [0.1, 0.15) is 16.6 Å². The van der Waals surface area contributed by atoms with Gasteiger partial charge in [0.25, 0.3) is 0 Å². The van der Waals surface area contributed by atoms with Crippen LogP contribution in [0.4, 0.5) is 0 Å². The molecule has 1 saturated heterocycles. The number of rotatable bonds is 2. The van der Waals surface area contributed by atoms with E-state index < -0.39 is 0 Å². The third-order valence-electron chi connectivity index (χ3n) is 1.85. The number of aromatic nitrogens is 2. The second kappa shape index (κ2) is 4.94. The lowest BCUT2D eigenvalue weighted by molar-refractivity contribution is 0.365. The monoisotopic (exact) mass is 244 g/mol. The summed E-state index contributed by atoms with van der Waals surface area (Å²) in [6.07, 6.45) is 3.01. The van der Waals surface area contributed by atoms with Gasteiger partial charge in [-0.1, -0.05) is 35.3 Å². The van der Waals surface area contributed by atoms with Crippen LogP contribution < -0.4 is 0 Å². The van der Waals surface area contributed by atoms with E-state index in [-0.39, 0.29) is 7.12 Å².